The maximum atomic E-state index is 10.7. The first-order valence-electron chi connectivity index (χ1n) is 3.52. The zero-order valence-electron chi connectivity index (χ0n) is 7.27. The van der Waals surface area contributed by atoms with Gasteiger partial charge in [0.1, 0.15) is 0 Å². The van der Waals surface area contributed by atoms with Crippen LogP contribution in [0.1, 0.15) is 6.92 Å². The second kappa shape index (κ2) is 5.75. The molecule has 0 unspecified atom stereocenters. The van der Waals surface area contributed by atoms with Gasteiger partial charge in [0.2, 0.25) is 0 Å². The van der Waals surface area contributed by atoms with E-state index in [0.717, 1.165) is 6.54 Å². The summed E-state index contributed by atoms with van der Waals surface area (Å²) in [4.78, 5) is 12.7. The number of rotatable bonds is 3. The van der Waals surface area contributed by atoms with Gasteiger partial charge in [0.05, 0.1) is 0 Å². The quantitative estimate of drug-likeness (QED) is 0.565. The molecule has 1 N–H and O–H groups in total. The molecule has 0 spiro atoms. The Bertz CT molecular complexity index is 176. The number of likely N-dealkylation sites (N-methyl/N-ethyl adjacent to an activating group) is 1. The smallest absolute Gasteiger partial charge is 0.295 e. The lowest BCUT2D eigenvalue weighted by atomic mass is 10.5. The topological polar surface area (TPSA) is 32.3 Å². The number of carbonyl (C=O) groups is 1. The SMILES string of the molecule is CC#CC(=O)NCCN(C)C. The molecule has 11 heavy (non-hydrogen) atoms. The van der Waals surface area contributed by atoms with E-state index >= 15 is 0 Å². The van der Waals surface area contributed by atoms with Crippen molar-refractivity contribution in [3.8, 4) is 11.8 Å². The van der Waals surface area contributed by atoms with Gasteiger partial charge < -0.3 is 10.2 Å². The first kappa shape index (κ1) is 9.99. The van der Waals surface area contributed by atoms with E-state index in [1.165, 1.54) is 0 Å². The van der Waals surface area contributed by atoms with E-state index < -0.39 is 0 Å². The van der Waals surface area contributed by atoms with Crippen molar-refractivity contribution in [1.29, 1.82) is 0 Å². The van der Waals surface area contributed by atoms with E-state index in [0.29, 0.717) is 6.54 Å². The minimum atomic E-state index is -0.200. The minimum Gasteiger partial charge on any atom is -0.344 e. The van der Waals surface area contributed by atoms with Crippen LogP contribution in [0.25, 0.3) is 0 Å². The van der Waals surface area contributed by atoms with Gasteiger partial charge in [0.15, 0.2) is 0 Å². The van der Waals surface area contributed by atoms with Crippen LogP contribution < -0.4 is 5.32 Å². The molecule has 62 valence electrons. The second-order valence-corrected chi connectivity index (χ2v) is 2.43. The summed E-state index contributed by atoms with van der Waals surface area (Å²) >= 11 is 0. The molecule has 0 radical (unpaired) electrons. The van der Waals surface area contributed by atoms with Gasteiger partial charge in [-0.15, -0.1) is 0 Å². The van der Waals surface area contributed by atoms with Crippen LogP contribution in [0.4, 0.5) is 0 Å². The molecule has 0 saturated carbocycles. The van der Waals surface area contributed by atoms with Crippen molar-refractivity contribution in [1.82, 2.24) is 10.2 Å². The molecular weight excluding hydrogens is 140 g/mol. The molecule has 1 amide bonds. The normalized spacial score (nSPS) is 8.73. The lowest BCUT2D eigenvalue weighted by Gasteiger charge is -2.08. The summed E-state index contributed by atoms with van der Waals surface area (Å²) in [5.41, 5.74) is 0. The first-order chi connectivity index (χ1) is 5.16. The van der Waals surface area contributed by atoms with Crippen LogP contribution in [0, 0.1) is 11.8 Å². The lowest BCUT2D eigenvalue weighted by Crippen LogP contribution is -2.30. The van der Waals surface area contributed by atoms with Gasteiger partial charge in [-0.3, -0.25) is 4.79 Å². The van der Waals surface area contributed by atoms with E-state index in [-0.39, 0.29) is 5.91 Å². The summed E-state index contributed by atoms with van der Waals surface area (Å²) in [7, 11) is 3.91. The van der Waals surface area contributed by atoms with Gasteiger partial charge in [-0.25, -0.2) is 0 Å². The van der Waals surface area contributed by atoms with Crippen molar-refractivity contribution in [2.45, 2.75) is 6.92 Å². The average molecular weight is 154 g/mol. The monoisotopic (exact) mass is 154 g/mol. The van der Waals surface area contributed by atoms with E-state index in [2.05, 4.69) is 17.2 Å². The summed E-state index contributed by atoms with van der Waals surface area (Å²) in [5, 5.41) is 2.66. The van der Waals surface area contributed by atoms with Crippen molar-refractivity contribution in [3.63, 3.8) is 0 Å². The summed E-state index contributed by atoms with van der Waals surface area (Å²) in [6.07, 6.45) is 0. The molecule has 0 aromatic carbocycles. The van der Waals surface area contributed by atoms with E-state index in [9.17, 15) is 4.79 Å². The fraction of sp³-hybridized carbons (Fsp3) is 0.625. The molecule has 0 aliphatic heterocycles. The number of nitrogens with one attached hydrogen (secondary N) is 1. The zero-order chi connectivity index (χ0) is 8.69. The highest BCUT2D eigenvalue weighted by molar-refractivity contribution is 5.93. The van der Waals surface area contributed by atoms with E-state index in [1.807, 2.05) is 19.0 Å². The maximum absolute atomic E-state index is 10.7. The van der Waals surface area contributed by atoms with Gasteiger partial charge in [0, 0.05) is 13.1 Å². The van der Waals surface area contributed by atoms with Crippen molar-refractivity contribution < 1.29 is 4.79 Å². The van der Waals surface area contributed by atoms with Gasteiger partial charge in [-0.2, -0.15) is 0 Å². The summed E-state index contributed by atoms with van der Waals surface area (Å²) in [5.74, 6) is 4.73. The third-order valence-electron chi connectivity index (χ3n) is 1.08. The zero-order valence-corrected chi connectivity index (χ0v) is 7.27. The molecule has 0 aliphatic rings. The van der Waals surface area contributed by atoms with Crippen LogP contribution in [-0.2, 0) is 4.79 Å². The van der Waals surface area contributed by atoms with Gasteiger partial charge >= 0.3 is 0 Å². The molecule has 0 fully saturated rings. The van der Waals surface area contributed by atoms with E-state index in [1.54, 1.807) is 6.92 Å². The van der Waals surface area contributed by atoms with Crippen molar-refractivity contribution in [2.75, 3.05) is 27.2 Å². The second-order valence-electron chi connectivity index (χ2n) is 2.43. The highest BCUT2D eigenvalue weighted by atomic mass is 16.1. The van der Waals surface area contributed by atoms with Crippen LogP contribution in [0.2, 0.25) is 0 Å². The number of amides is 1. The Morgan fingerprint density at radius 2 is 2.18 bits per heavy atom. The molecular formula is C8H14N2O. The van der Waals surface area contributed by atoms with Crippen molar-refractivity contribution >= 4 is 5.91 Å². The highest BCUT2D eigenvalue weighted by Gasteiger charge is 1.93. The Morgan fingerprint density at radius 1 is 1.55 bits per heavy atom. The fourth-order valence-electron chi connectivity index (χ4n) is 0.551. The number of hydrogen-bond donors (Lipinski definition) is 1. The van der Waals surface area contributed by atoms with E-state index in [4.69, 9.17) is 0 Å². The molecule has 0 bridgehead atoms. The maximum Gasteiger partial charge on any atom is 0.295 e. The summed E-state index contributed by atoms with van der Waals surface area (Å²) in [6.45, 7) is 3.14. The first-order valence-corrected chi connectivity index (χ1v) is 3.52. The predicted octanol–water partition coefficient (Wildman–Crippen LogP) is -0.312. The average Bonchev–Trinajstić information content (AvgIpc) is 1.87. The standard InChI is InChI=1S/C8H14N2O/c1-4-5-8(11)9-6-7-10(2)3/h6-7H2,1-3H3,(H,9,11). The predicted molar refractivity (Wildman–Crippen MR) is 45.0 cm³/mol. The fourth-order valence-corrected chi connectivity index (χ4v) is 0.551. The molecule has 0 saturated heterocycles. The Kier molecular flexibility index (Phi) is 5.22. The Hall–Kier alpha value is -1.01. The van der Waals surface area contributed by atoms with Gasteiger partial charge in [0.25, 0.3) is 5.91 Å². The molecule has 0 aromatic heterocycles. The number of hydrogen-bond acceptors (Lipinski definition) is 2. The summed E-state index contributed by atoms with van der Waals surface area (Å²) in [6, 6.07) is 0. The van der Waals surface area contributed by atoms with Crippen LogP contribution >= 0.6 is 0 Å². The van der Waals surface area contributed by atoms with Gasteiger partial charge in [-0.1, -0.05) is 5.92 Å². The largest absolute Gasteiger partial charge is 0.344 e. The summed E-state index contributed by atoms with van der Waals surface area (Å²) < 4.78 is 0. The van der Waals surface area contributed by atoms with Crippen LogP contribution in [0.15, 0.2) is 0 Å². The molecule has 0 rings (SSSR count). The lowest BCUT2D eigenvalue weighted by molar-refractivity contribution is -0.115. The molecule has 3 heteroatoms. The third kappa shape index (κ3) is 6.88. The molecule has 0 aromatic rings. The molecule has 0 aliphatic carbocycles. The Balaban J connectivity index is 3.37. The van der Waals surface area contributed by atoms with Crippen molar-refractivity contribution in [2.24, 2.45) is 0 Å². The molecule has 3 nitrogen and oxygen atoms in total. The molecule has 0 atom stereocenters. The molecule has 0 heterocycles. The minimum absolute atomic E-state index is 0.200. The number of carbonyl (C=O) groups excluding carboxylic acids is 1. The Labute approximate surface area is 67.8 Å². The number of nitrogens with zero attached hydrogens (tertiary/aromatic N) is 1. The Morgan fingerprint density at radius 3 is 2.64 bits per heavy atom. The third-order valence-corrected chi connectivity index (χ3v) is 1.08. The highest BCUT2D eigenvalue weighted by Crippen LogP contribution is 1.70. The van der Waals surface area contributed by atoms with Crippen LogP contribution in [0.3, 0.4) is 0 Å². The van der Waals surface area contributed by atoms with Gasteiger partial charge in [-0.05, 0) is 26.9 Å². The van der Waals surface area contributed by atoms with Crippen molar-refractivity contribution in [3.05, 3.63) is 0 Å². The van der Waals surface area contributed by atoms with Crippen LogP contribution in [-0.4, -0.2) is 38.0 Å². The van der Waals surface area contributed by atoms with Crippen LogP contribution in [0.5, 0.6) is 0 Å².